The third-order valence-corrected chi connectivity index (χ3v) is 4.44. The zero-order valence-corrected chi connectivity index (χ0v) is 16.7. The monoisotopic (exact) mass is 377 g/mol. The van der Waals surface area contributed by atoms with Crippen molar-refractivity contribution in [3.8, 4) is 6.07 Å². The quantitative estimate of drug-likeness (QED) is 0.656. The maximum absolute atomic E-state index is 12.0. The molecule has 146 valence electrons. The molecule has 0 unspecified atom stereocenters. The molecule has 0 atom stereocenters. The van der Waals surface area contributed by atoms with E-state index in [9.17, 15) is 4.79 Å². The normalized spacial score (nSPS) is 10.6. The maximum atomic E-state index is 12.0. The summed E-state index contributed by atoms with van der Waals surface area (Å²) in [5.41, 5.74) is 4.30. The van der Waals surface area contributed by atoms with Gasteiger partial charge in [-0.2, -0.15) is 5.26 Å². The van der Waals surface area contributed by atoms with E-state index in [4.69, 9.17) is 5.26 Å². The number of nitrogens with one attached hydrogen (secondary N) is 2. The Hall–Kier alpha value is -3.17. The first-order valence-corrected chi connectivity index (χ1v) is 9.39. The number of hydrogen-bond acceptors (Lipinski definition) is 5. The summed E-state index contributed by atoms with van der Waals surface area (Å²) in [4.78, 5) is 18.1. The van der Waals surface area contributed by atoms with Gasteiger partial charge in [0.05, 0.1) is 5.56 Å². The van der Waals surface area contributed by atoms with Crippen molar-refractivity contribution in [1.29, 1.82) is 5.26 Å². The van der Waals surface area contributed by atoms with Crippen LogP contribution in [0.25, 0.3) is 0 Å². The Balaban J connectivity index is 1.72. The number of rotatable bonds is 9. The average Bonchev–Trinajstić information content (AvgIpc) is 2.71. The van der Waals surface area contributed by atoms with Gasteiger partial charge in [-0.05, 0) is 49.6 Å². The van der Waals surface area contributed by atoms with Crippen LogP contribution < -0.4 is 15.5 Å². The molecule has 0 aliphatic rings. The van der Waals surface area contributed by atoms with Crippen molar-refractivity contribution >= 4 is 11.7 Å². The van der Waals surface area contributed by atoms with Crippen molar-refractivity contribution in [2.24, 2.45) is 0 Å². The summed E-state index contributed by atoms with van der Waals surface area (Å²) in [6.07, 6.45) is 5.33. The lowest BCUT2D eigenvalue weighted by Crippen LogP contribution is -2.25. The lowest BCUT2D eigenvalue weighted by atomic mass is 10.1. The molecule has 2 aromatic rings. The fraction of sp³-hybridized carbons (Fsp3) is 0.318. The van der Waals surface area contributed by atoms with Gasteiger partial charge in [-0.25, -0.2) is 4.98 Å². The van der Waals surface area contributed by atoms with Gasteiger partial charge in [-0.1, -0.05) is 18.2 Å². The summed E-state index contributed by atoms with van der Waals surface area (Å²) in [6, 6.07) is 11.9. The molecule has 2 rings (SSSR count). The lowest BCUT2D eigenvalue weighted by molar-refractivity contribution is -0.120. The van der Waals surface area contributed by atoms with Gasteiger partial charge in [0.15, 0.2) is 0 Å². The van der Waals surface area contributed by atoms with Crippen molar-refractivity contribution in [2.75, 3.05) is 18.0 Å². The summed E-state index contributed by atoms with van der Waals surface area (Å²) in [6.45, 7) is 8.25. The molecule has 0 spiro atoms. The van der Waals surface area contributed by atoms with Crippen LogP contribution in [0.4, 0.5) is 5.82 Å². The molecule has 2 N–H and O–H groups in total. The number of nitrogens with zero attached hydrogens (tertiary/aromatic N) is 3. The smallest absolute Gasteiger partial charge is 0.225 e. The zero-order valence-electron chi connectivity index (χ0n) is 16.7. The SMILES string of the molecule is CCN(/C=C/NC(=O)CCNCc1ccc(C)c(C)c1)c1ccc(C#N)cn1. The maximum Gasteiger partial charge on any atom is 0.225 e. The lowest BCUT2D eigenvalue weighted by Gasteiger charge is -2.16. The number of pyridine rings is 1. The number of benzene rings is 1. The number of carbonyl (C=O) groups excluding carboxylic acids is 1. The van der Waals surface area contributed by atoms with Crippen molar-refractivity contribution in [3.63, 3.8) is 0 Å². The highest BCUT2D eigenvalue weighted by Crippen LogP contribution is 2.11. The van der Waals surface area contributed by atoms with Gasteiger partial charge < -0.3 is 15.5 Å². The molecule has 28 heavy (non-hydrogen) atoms. The molecule has 1 aromatic heterocycles. The second-order valence-corrected chi connectivity index (χ2v) is 6.53. The van der Waals surface area contributed by atoms with Crippen molar-refractivity contribution in [2.45, 2.75) is 33.7 Å². The summed E-state index contributed by atoms with van der Waals surface area (Å²) >= 11 is 0. The summed E-state index contributed by atoms with van der Waals surface area (Å²) in [5, 5.41) is 14.9. The fourth-order valence-corrected chi connectivity index (χ4v) is 2.61. The first-order valence-electron chi connectivity index (χ1n) is 9.39. The van der Waals surface area contributed by atoms with Gasteiger partial charge in [0, 0.05) is 44.7 Å². The molecule has 1 aromatic carbocycles. The van der Waals surface area contributed by atoms with Crippen LogP contribution in [0.15, 0.2) is 48.9 Å². The first kappa shape index (κ1) is 21.1. The van der Waals surface area contributed by atoms with E-state index < -0.39 is 0 Å². The number of amides is 1. The third-order valence-electron chi connectivity index (χ3n) is 4.44. The Morgan fingerprint density at radius 1 is 1.25 bits per heavy atom. The minimum absolute atomic E-state index is 0.0484. The predicted octanol–water partition coefficient (Wildman–Crippen LogP) is 3.16. The van der Waals surface area contributed by atoms with Crippen molar-refractivity contribution < 1.29 is 4.79 Å². The van der Waals surface area contributed by atoms with E-state index in [1.807, 2.05) is 17.9 Å². The summed E-state index contributed by atoms with van der Waals surface area (Å²) in [7, 11) is 0. The van der Waals surface area contributed by atoms with Crippen LogP contribution in [0.2, 0.25) is 0 Å². The topological polar surface area (TPSA) is 81.0 Å². The number of aryl methyl sites for hydroxylation is 2. The van der Waals surface area contributed by atoms with E-state index in [1.165, 1.54) is 22.9 Å². The number of nitriles is 1. The molecule has 0 radical (unpaired) electrons. The number of hydrogen-bond donors (Lipinski definition) is 2. The average molecular weight is 377 g/mol. The van der Waals surface area contributed by atoms with Gasteiger partial charge in [0.25, 0.3) is 0 Å². The highest BCUT2D eigenvalue weighted by atomic mass is 16.1. The molecule has 0 saturated carbocycles. The number of aromatic nitrogens is 1. The molecule has 1 amide bonds. The molecule has 6 nitrogen and oxygen atoms in total. The Morgan fingerprint density at radius 3 is 2.71 bits per heavy atom. The van der Waals surface area contributed by atoms with E-state index in [-0.39, 0.29) is 5.91 Å². The van der Waals surface area contributed by atoms with Crippen molar-refractivity contribution in [1.82, 2.24) is 15.6 Å². The van der Waals surface area contributed by atoms with Crippen LogP contribution in [-0.2, 0) is 11.3 Å². The molecule has 0 fully saturated rings. The fourth-order valence-electron chi connectivity index (χ4n) is 2.61. The van der Waals surface area contributed by atoms with Gasteiger partial charge >= 0.3 is 0 Å². The van der Waals surface area contributed by atoms with Crippen LogP contribution in [0.5, 0.6) is 0 Å². The Labute approximate surface area is 166 Å². The molecule has 0 bridgehead atoms. The highest BCUT2D eigenvalue weighted by molar-refractivity contribution is 5.77. The largest absolute Gasteiger partial charge is 0.332 e. The van der Waals surface area contributed by atoms with Crippen LogP contribution in [0.3, 0.4) is 0 Å². The molecule has 1 heterocycles. The standard InChI is InChI=1S/C22H27N5O/c1-4-27(21-8-7-20(14-23)16-26-21)12-11-25-22(28)9-10-24-15-19-6-5-17(2)18(3)13-19/h5-8,11-13,16,24H,4,9-10,15H2,1-3H3,(H,25,28)/b12-11+. The molecule has 6 heteroatoms. The zero-order chi connectivity index (χ0) is 20.4. The Kier molecular flexibility index (Phi) is 8.19. The Morgan fingerprint density at radius 2 is 2.07 bits per heavy atom. The second-order valence-electron chi connectivity index (χ2n) is 6.53. The van der Waals surface area contributed by atoms with E-state index in [1.54, 1.807) is 24.5 Å². The predicted molar refractivity (Wildman–Crippen MR) is 111 cm³/mol. The van der Waals surface area contributed by atoms with E-state index in [2.05, 4.69) is 47.7 Å². The van der Waals surface area contributed by atoms with Gasteiger partial charge in [0.1, 0.15) is 11.9 Å². The van der Waals surface area contributed by atoms with Crippen LogP contribution in [-0.4, -0.2) is 24.0 Å². The molecule has 0 aliphatic carbocycles. The minimum Gasteiger partial charge on any atom is -0.332 e. The molecular formula is C22H27N5O. The van der Waals surface area contributed by atoms with E-state index >= 15 is 0 Å². The number of carbonyl (C=O) groups is 1. The van der Waals surface area contributed by atoms with E-state index in [0.29, 0.717) is 25.1 Å². The molecule has 0 saturated heterocycles. The summed E-state index contributed by atoms with van der Waals surface area (Å²) in [5.74, 6) is 0.676. The minimum atomic E-state index is -0.0484. The van der Waals surface area contributed by atoms with Gasteiger partial charge in [0.2, 0.25) is 5.91 Å². The van der Waals surface area contributed by atoms with Crippen LogP contribution in [0.1, 0.15) is 35.6 Å². The Bertz CT molecular complexity index is 852. The van der Waals surface area contributed by atoms with Crippen molar-refractivity contribution in [3.05, 3.63) is 71.2 Å². The van der Waals surface area contributed by atoms with Crippen LogP contribution >= 0.6 is 0 Å². The highest BCUT2D eigenvalue weighted by Gasteiger charge is 2.03. The molecule has 0 aliphatic heterocycles. The first-order chi connectivity index (χ1) is 13.5. The van der Waals surface area contributed by atoms with Gasteiger partial charge in [-0.15, -0.1) is 0 Å². The van der Waals surface area contributed by atoms with Gasteiger partial charge in [-0.3, -0.25) is 4.79 Å². The molecular weight excluding hydrogens is 350 g/mol. The number of anilines is 1. The summed E-state index contributed by atoms with van der Waals surface area (Å²) < 4.78 is 0. The third kappa shape index (κ3) is 6.53. The van der Waals surface area contributed by atoms with E-state index in [0.717, 1.165) is 12.4 Å². The van der Waals surface area contributed by atoms with Crippen LogP contribution in [0, 0.1) is 25.2 Å². The second kappa shape index (κ2) is 10.9.